The number of nitrogens with zero attached hydrogens (tertiary/aromatic N) is 5. The van der Waals surface area contributed by atoms with Gasteiger partial charge in [0.05, 0.1) is 12.8 Å². The fourth-order valence-electron chi connectivity index (χ4n) is 3.62. The zero-order valence-electron chi connectivity index (χ0n) is 15.8. The topological polar surface area (TPSA) is 46.4 Å². The molecule has 3 rings (SSSR count). The molecule has 136 valence electrons. The minimum atomic E-state index is 0.446. The highest BCUT2D eigenvalue weighted by molar-refractivity contribution is 5.38. The van der Waals surface area contributed by atoms with Crippen molar-refractivity contribution in [1.29, 1.82) is 0 Å². The van der Waals surface area contributed by atoms with Gasteiger partial charge in [0.2, 0.25) is 0 Å². The largest absolute Gasteiger partial charge is 0.383 e. The number of aromatic nitrogens is 3. The lowest BCUT2D eigenvalue weighted by molar-refractivity contribution is 0.206. The number of likely N-dealkylation sites (N-methyl/N-ethyl adjacent to an activating group) is 1. The van der Waals surface area contributed by atoms with E-state index >= 15 is 0 Å². The van der Waals surface area contributed by atoms with E-state index in [0.29, 0.717) is 12.6 Å². The minimum Gasteiger partial charge on any atom is -0.383 e. The Morgan fingerprint density at radius 3 is 2.84 bits per heavy atom. The SMILES string of the molecule is COCCN(C)c1ccc(CN(C)C2CCCc3c2cnn3C)cn1. The molecule has 2 heterocycles. The average molecular weight is 343 g/mol. The third-order valence-electron chi connectivity index (χ3n) is 5.14. The van der Waals surface area contributed by atoms with E-state index in [1.165, 1.54) is 29.7 Å². The average Bonchev–Trinajstić information content (AvgIpc) is 3.01. The summed E-state index contributed by atoms with van der Waals surface area (Å²) in [6.07, 6.45) is 7.59. The summed E-state index contributed by atoms with van der Waals surface area (Å²) >= 11 is 0. The molecule has 2 aromatic heterocycles. The van der Waals surface area contributed by atoms with Gasteiger partial charge in [-0.05, 0) is 37.9 Å². The number of methoxy groups -OCH3 is 1. The molecule has 6 nitrogen and oxygen atoms in total. The molecule has 1 atom stereocenters. The van der Waals surface area contributed by atoms with Crippen molar-refractivity contribution in [2.24, 2.45) is 7.05 Å². The number of anilines is 1. The van der Waals surface area contributed by atoms with Gasteiger partial charge >= 0.3 is 0 Å². The van der Waals surface area contributed by atoms with Gasteiger partial charge in [-0.25, -0.2) is 4.98 Å². The predicted molar refractivity (Wildman–Crippen MR) is 99.7 cm³/mol. The molecule has 0 bridgehead atoms. The van der Waals surface area contributed by atoms with Gasteiger partial charge < -0.3 is 9.64 Å². The van der Waals surface area contributed by atoms with Crippen LogP contribution in [0.25, 0.3) is 0 Å². The van der Waals surface area contributed by atoms with Gasteiger partial charge in [-0.3, -0.25) is 9.58 Å². The van der Waals surface area contributed by atoms with E-state index < -0.39 is 0 Å². The van der Waals surface area contributed by atoms with Gasteiger partial charge in [0.1, 0.15) is 5.82 Å². The molecule has 1 aliphatic rings. The Balaban J connectivity index is 1.64. The fourth-order valence-corrected chi connectivity index (χ4v) is 3.62. The summed E-state index contributed by atoms with van der Waals surface area (Å²) in [5, 5.41) is 4.46. The van der Waals surface area contributed by atoms with E-state index in [4.69, 9.17) is 4.74 Å². The molecule has 0 aromatic carbocycles. The maximum absolute atomic E-state index is 5.12. The zero-order chi connectivity index (χ0) is 17.8. The fraction of sp³-hybridized carbons (Fsp3) is 0.579. The van der Waals surface area contributed by atoms with Crippen molar-refractivity contribution in [1.82, 2.24) is 19.7 Å². The van der Waals surface area contributed by atoms with E-state index in [1.54, 1.807) is 7.11 Å². The normalized spacial score (nSPS) is 16.9. The van der Waals surface area contributed by atoms with Crippen LogP contribution in [0.2, 0.25) is 0 Å². The van der Waals surface area contributed by atoms with E-state index in [0.717, 1.165) is 25.3 Å². The smallest absolute Gasteiger partial charge is 0.128 e. The highest BCUT2D eigenvalue weighted by atomic mass is 16.5. The molecule has 0 amide bonds. The van der Waals surface area contributed by atoms with Crippen LogP contribution in [-0.2, 0) is 24.8 Å². The second-order valence-electron chi connectivity index (χ2n) is 6.93. The van der Waals surface area contributed by atoms with Crippen molar-refractivity contribution in [2.45, 2.75) is 31.8 Å². The molecule has 1 unspecified atom stereocenters. The van der Waals surface area contributed by atoms with Gasteiger partial charge in [-0.2, -0.15) is 5.10 Å². The number of hydrogen-bond acceptors (Lipinski definition) is 5. The lowest BCUT2D eigenvalue weighted by atomic mass is 9.92. The highest BCUT2D eigenvalue weighted by Crippen LogP contribution is 2.33. The summed E-state index contributed by atoms with van der Waals surface area (Å²) in [6.45, 7) is 2.44. The first-order valence-electron chi connectivity index (χ1n) is 8.96. The molecule has 0 saturated heterocycles. The Morgan fingerprint density at radius 2 is 2.12 bits per heavy atom. The molecule has 6 heteroatoms. The quantitative estimate of drug-likeness (QED) is 0.772. The maximum atomic E-state index is 5.12. The van der Waals surface area contributed by atoms with Crippen LogP contribution >= 0.6 is 0 Å². The molecular weight excluding hydrogens is 314 g/mol. The lowest BCUT2D eigenvalue weighted by Gasteiger charge is -2.31. The summed E-state index contributed by atoms with van der Waals surface area (Å²) < 4.78 is 7.15. The molecule has 25 heavy (non-hydrogen) atoms. The number of aryl methyl sites for hydroxylation is 1. The van der Waals surface area contributed by atoms with Gasteiger partial charge in [-0.15, -0.1) is 0 Å². The Morgan fingerprint density at radius 1 is 1.28 bits per heavy atom. The number of ether oxygens (including phenoxy) is 1. The lowest BCUT2D eigenvalue weighted by Crippen LogP contribution is -2.27. The molecule has 0 saturated carbocycles. The number of hydrogen-bond donors (Lipinski definition) is 0. The van der Waals surface area contributed by atoms with Gasteiger partial charge in [0.25, 0.3) is 0 Å². The van der Waals surface area contributed by atoms with Crippen LogP contribution in [0.4, 0.5) is 5.82 Å². The monoisotopic (exact) mass is 343 g/mol. The van der Waals surface area contributed by atoms with E-state index in [2.05, 4.69) is 39.1 Å². The second kappa shape index (κ2) is 7.97. The van der Waals surface area contributed by atoms with Crippen molar-refractivity contribution in [3.05, 3.63) is 41.3 Å². The maximum Gasteiger partial charge on any atom is 0.128 e. The van der Waals surface area contributed by atoms with Crippen LogP contribution in [0.3, 0.4) is 0 Å². The first-order valence-corrected chi connectivity index (χ1v) is 8.96. The Labute approximate surface area is 150 Å². The van der Waals surface area contributed by atoms with Gasteiger partial charge in [0, 0.05) is 57.8 Å². The Hall–Kier alpha value is -1.92. The van der Waals surface area contributed by atoms with Crippen LogP contribution in [0.1, 0.15) is 35.7 Å². The standard InChI is InChI=1S/C19H29N5O/c1-22(10-11-25-4)19-9-8-15(12-20-19)14-23(2)17-6-5-7-18-16(17)13-21-24(18)3/h8-9,12-13,17H,5-7,10-11,14H2,1-4H3. The van der Waals surface area contributed by atoms with Crippen LogP contribution < -0.4 is 4.90 Å². The van der Waals surface area contributed by atoms with E-state index in [-0.39, 0.29) is 0 Å². The zero-order valence-corrected chi connectivity index (χ0v) is 15.8. The number of rotatable bonds is 7. The van der Waals surface area contributed by atoms with Crippen molar-refractivity contribution >= 4 is 5.82 Å². The van der Waals surface area contributed by atoms with Crippen LogP contribution in [0, 0.1) is 0 Å². The predicted octanol–water partition coefficient (Wildman–Crippen LogP) is 2.41. The number of pyridine rings is 1. The summed E-state index contributed by atoms with van der Waals surface area (Å²) in [7, 11) is 8.01. The van der Waals surface area contributed by atoms with E-state index in [9.17, 15) is 0 Å². The van der Waals surface area contributed by atoms with Crippen molar-refractivity contribution in [2.75, 3.05) is 39.3 Å². The van der Waals surface area contributed by atoms with Crippen molar-refractivity contribution in [3.8, 4) is 0 Å². The Kier molecular flexibility index (Phi) is 5.71. The molecule has 0 radical (unpaired) electrons. The molecule has 1 aliphatic carbocycles. The molecule has 0 fully saturated rings. The summed E-state index contributed by atoms with van der Waals surface area (Å²) in [4.78, 5) is 9.14. The van der Waals surface area contributed by atoms with Crippen molar-refractivity contribution < 1.29 is 4.74 Å². The summed E-state index contributed by atoms with van der Waals surface area (Å²) in [6, 6.07) is 4.71. The Bertz CT molecular complexity index is 682. The van der Waals surface area contributed by atoms with E-state index in [1.807, 2.05) is 31.2 Å². The molecule has 0 N–H and O–H groups in total. The minimum absolute atomic E-state index is 0.446. The van der Waals surface area contributed by atoms with Crippen LogP contribution in [-0.4, -0.2) is 54.0 Å². The third kappa shape index (κ3) is 4.02. The molecule has 2 aromatic rings. The second-order valence-corrected chi connectivity index (χ2v) is 6.93. The molecular formula is C19H29N5O. The van der Waals surface area contributed by atoms with Crippen molar-refractivity contribution in [3.63, 3.8) is 0 Å². The first kappa shape index (κ1) is 17.9. The molecule has 0 aliphatic heterocycles. The summed E-state index contributed by atoms with van der Waals surface area (Å²) in [5.41, 5.74) is 4.01. The van der Waals surface area contributed by atoms with Crippen LogP contribution in [0.15, 0.2) is 24.5 Å². The first-order chi connectivity index (χ1) is 12.1. The summed E-state index contributed by atoms with van der Waals surface area (Å²) in [5.74, 6) is 0.982. The molecule has 0 spiro atoms. The highest BCUT2D eigenvalue weighted by Gasteiger charge is 2.26. The van der Waals surface area contributed by atoms with Crippen LogP contribution in [0.5, 0.6) is 0 Å². The third-order valence-corrected chi connectivity index (χ3v) is 5.14. The number of fused-ring (bicyclic) bond motifs is 1. The van der Waals surface area contributed by atoms with Gasteiger partial charge in [-0.1, -0.05) is 6.07 Å². The van der Waals surface area contributed by atoms with Gasteiger partial charge in [0.15, 0.2) is 0 Å².